The lowest BCUT2D eigenvalue weighted by atomic mass is 10.5. The van der Waals surface area contributed by atoms with Crippen molar-refractivity contribution in [3.63, 3.8) is 0 Å². The fraction of sp³-hybridized carbons (Fsp3) is 0.700. The van der Waals surface area contributed by atoms with Crippen LogP contribution in [0, 0.1) is 0 Å². The van der Waals surface area contributed by atoms with Crippen molar-refractivity contribution in [2.75, 3.05) is 47.8 Å². The summed E-state index contributed by atoms with van der Waals surface area (Å²) in [6, 6.07) is -0.332. The Morgan fingerprint density at radius 3 is 2.29 bits per heavy atom. The van der Waals surface area contributed by atoms with E-state index in [0.29, 0.717) is 13.1 Å². The Balaban J connectivity index is 2.53. The van der Waals surface area contributed by atoms with E-state index in [1.807, 2.05) is 38.0 Å². The number of hydrogen-bond donors (Lipinski definition) is 1. The highest BCUT2D eigenvalue weighted by Crippen LogP contribution is 1.98. The zero-order valence-corrected chi connectivity index (χ0v) is 10.7. The highest BCUT2D eigenvalue weighted by Gasteiger charge is 2.27. The molecule has 1 N–H and O–H groups in total. The first-order valence-corrected chi connectivity index (χ1v) is 5.40. The Hall–Kier alpha value is -1.79. The third-order valence-corrected chi connectivity index (χ3v) is 2.31. The largest absolute Gasteiger partial charge is 0.349 e. The third kappa shape index (κ3) is 3.33. The normalized spacial score (nSPS) is 14.7. The molecule has 0 aromatic rings. The number of hydrogen-bond acceptors (Lipinski definition) is 3. The fourth-order valence-corrected chi connectivity index (χ4v) is 1.61. The van der Waals surface area contributed by atoms with Crippen LogP contribution in [0.1, 0.15) is 0 Å². The molecular weight excluding hydrogens is 222 g/mol. The maximum Gasteiger partial charge on any atom is 0.324 e. The van der Waals surface area contributed by atoms with Gasteiger partial charge in [0.15, 0.2) is 5.96 Å². The SMILES string of the molecule is CN(C)C(=NCCN1C(=O)CNC1=O)N(C)C. The highest BCUT2D eigenvalue weighted by molar-refractivity contribution is 6.01. The molecule has 0 unspecified atom stereocenters. The molecule has 0 atom stereocenters. The van der Waals surface area contributed by atoms with Crippen LogP contribution in [0.5, 0.6) is 0 Å². The van der Waals surface area contributed by atoms with E-state index in [9.17, 15) is 9.59 Å². The van der Waals surface area contributed by atoms with Crippen LogP contribution < -0.4 is 5.32 Å². The molecule has 1 fully saturated rings. The van der Waals surface area contributed by atoms with Crippen molar-refractivity contribution >= 4 is 17.9 Å². The summed E-state index contributed by atoms with van der Waals surface area (Å²) in [6.07, 6.45) is 0. The van der Waals surface area contributed by atoms with Crippen LogP contribution in [0.2, 0.25) is 0 Å². The van der Waals surface area contributed by atoms with Crippen molar-refractivity contribution in [1.29, 1.82) is 0 Å². The van der Waals surface area contributed by atoms with E-state index in [-0.39, 0.29) is 18.5 Å². The van der Waals surface area contributed by atoms with E-state index < -0.39 is 0 Å². The first-order valence-electron chi connectivity index (χ1n) is 5.40. The summed E-state index contributed by atoms with van der Waals surface area (Å²) in [7, 11) is 7.58. The summed E-state index contributed by atoms with van der Waals surface area (Å²) in [5.41, 5.74) is 0. The number of urea groups is 1. The van der Waals surface area contributed by atoms with E-state index in [1.54, 1.807) is 0 Å². The second-order valence-corrected chi connectivity index (χ2v) is 4.17. The van der Waals surface area contributed by atoms with Crippen LogP contribution in [0.4, 0.5) is 4.79 Å². The Labute approximate surface area is 101 Å². The first-order chi connectivity index (χ1) is 7.93. The van der Waals surface area contributed by atoms with Crippen molar-refractivity contribution in [1.82, 2.24) is 20.0 Å². The van der Waals surface area contributed by atoms with Gasteiger partial charge in [-0.15, -0.1) is 0 Å². The number of guanidine groups is 1. The van der Waals surface area contributed by atoms with Gasteiger partial charge >= 0.3 is 6.03 Å². The average molecular weight is 241 g/mol. The lowest BCUT2D eigenvalue weighted by molar-refractivity contribution is -0.124. The average Bonchev–Trinajstić information content (AvgIpc) is 2.53. The van der Waals surface area contributed by atoms with Gasteiger partial charge in [0.2, 0.25) is 5.91 Å². The second-order valence-electron chi connectivity index (χ2n) is 4.17. The zero-order valence-electron chi connectivity index (χ0n) is 10.7. The molecule has 17 heavy (non-hydrogen) atoms. The molecule has 0 saturated carbocycles. The van der Waals surface area contributed by atoms with E-state index in [4.69, 9.17) is 0 Å². The highest BCUT2D eigenvalue weighted by atomic mass is 16.2. The molecule has 1 aliphatic rings. The predicted molar refractivity (Wildman–Crippen MR) is 64.8 cm³/mol. The summed E-state index contributed by atoms with van der Waals surface area (Å²) in [4.78, 5) is 31.9. The fourth-order valence-electron chi connectivity index (χ4n) is 1.61. The molecule has 0 aliphatic carbocycles. The smallest absolute Gasteiger partial charge is 0.324 e. The van der Waals surface area contributed by atoms with Crippen molar-refractivity contribution in [3.05, 3.63) is 0 Å². The quantitative estimate of drug-likeness (QED) is 0.392. The minimum atomic E-state index is -0.332. The third-order valence-electron chi connectivity index (χ3n) is 2.31. The van der Waals surface area contributed by atoms with Gasteiger partial charge in [-0.05, 0) is 0 Å². The summed E-state index contributed by atoms with van der Waals surface area (Å²) in [5.74, 6) is 0.610. The van der Waals surface area contributed by atoms with E-state index in [1.165, 1.54) is 4.90 Å². The molecule has 96 valence electrons. The maximum atomic E-state index is 11.3. The van der Waals surface area contributed by atoms with Crippen LogP contribution in [0.3, 0.4) is 0 Å². The number of amides is 3. The van der Waals surface area contributed by atoms with Crippen LogP contribution >= 0.6 is 0 Å². The van der Waals surface area contributed by atoms with Gasteiger partial charge in [-0.25, -0.2) is 4.79 Å². The lowest BCUT2D eigenvalue weighted by Crippen LogP contribution is -2.37. The molecule has 7 nitrogen and oxygen atoms in total. The molecule has 7 heteroatoms. The monoisotopic (exact) mass is 241 g/mol. The van der Waals surface area contributed by atoms with Gasteiger partial charge < -0.3 is 15.1 Å². The summed E-state index contributed by atoms with van der Waals surface area (Å²) in [5, 5.41) is 2.47. The molecular formula is C10H19N5O2. The minimum absolute atomic E-state index is 0.0940. The summed E-state index contributed by atoms with van der Waals surface area (Å²) in [6.45, 7) is 0.817. The lowest BCUT2D eigenvalue weighted by Gasteiger charge is -2.23. The van der Waals surface area contributed by atoms with Gasteiger partial charge in [0, 0.05) is 28.2 Å². The molecule has 1 aliphatic heterocycles. The van der Waals surface area contributed by atoms with E-state index >= 15 is 0 Å². The van der Waals surface area contributed by atoms with E-state index in [0.717, 1.165) is 5.96 Å². The summed E-state index contributed by atoms with van der Waals surface area (Å²) < 4.78 is 0. The molecule has 1 saturated heterocycles. The van der Waals surface area contributed by atoms with Crippen LogP contribution in [0.25, 0.3) is 0 Å². The molecule has 0 radical (unpaired) electrons. The molecule has 1 rings (SSSR count). The van der Waals surface area contributed by atoms with Gasteiger partial charge in [0.25, 0.3) is 0 Å². The van der Waals surface area contributed by atoms with Crippen LogP contribution in [0.15, 0.2) is 4.99 Å². The van der Waals surface area contributed by atoms with Crippen LogP contribution in [-0.2, 0) is 4.79 Å². The predicted octanol–water partition coefficient (Wildman–Crippen LogP) is -0.983. The Morgan fingerprint density at radius 2 is 1.88 bits per heavy atom. The maximum absolute atomic E-state index is 11.3. The Bertz CT molecular complexity index is 312. The molecule has 3 amide bonds. The van der Waals surface area contributed by atoms with Gasteiger partial charge in [0.05, 0.1) is 19.6 Å². The number of nitrogens with zero attached hydrogens (tertiary/aromatic N) is 4. The number of nitrogens with one attached hydrogen (secondary N) is 1. The first kappa shape index (κ1) is 13.3. The van der Waals surface area contributed by atoms with Crippen molar-refractivity contribution in [3.8, 4) is 0 Å². The van der Waals surface area contributed by atoms with Gasteiger partial charge in [0.1, 0.15) is 0 Å². The summed E-state index contributed by atoms with van der Waals surface area (Å²) >= 11 is 0. The van der Waals surface area contributed by atoms with Gasteiger partial charge in [-0.3, -0.25) is 14.7 Å². The molecule has 0 aromatic carbocycles. The van der Waals surface area contributed by atoms with Gasteiger partial charge in [-0.2, -0.15) is 0 Å². The van der Waals surface area contributed by atoms with Crippen molar-refractivity contribution < 1.29 is 9.59 Å². The van der Waals surface area contributed by atoms with Crippen molar-refractivity contribution in [2.45, 2.75) is 0 Å². The number of carbonyl (C=O) groups is 2. The topological polar surface area (TPSA) is 68.2 Å². The van der Waals surface area contributed by atoms with Crippen molar-refractivity contribution in [2.24, 2.45) is 4.99 Å². The minimum Gasteiger partial charge on any atom is -0.349 e. The standard InChI is InChI=1S/C10H19N5O2/c1-13(2)9(14(3)4)11-5-6-15-8(16)7-12-10(15)17/h5-7H2,1-4H3,(H,12,17). The zero-order chi connectivity index (χ0) is 13.0. The number of aliphatic imine (C=N–C) groups is 1. The van der Waals surface area contributed by atoms with Crippen LogP contribution in [-0.4, -0.2) is 80.4 Å². The Morgan fingerprint density at radius 1 is 1.29 bits per heavy atom. The molecule has 0 spiro atoms. The molecule has 1 heterocycles. The second kappa shape index (κ2) is 5.51. The Kier molecular flexibility index (Phi) is 4.30. The number of rotatable bonds is 3. The molecule has 0 aromatic heterocycles. The number of imide groups is 1. The molecule has 0 bridgehead atoms. The van der Waals surface area contributed by atoms with Gasteiger partial charge in [-0.1, -0.05) is 0 Å². The van der Waals surface area contributed by atoms with E-state index in [2.05, 4.69) is 10.3 Å². The number of carbonyl (C=O) groups excluding carboxylic acids is 2.